The first-order chi connectivity index (χ1) is 12.1. The predicted molar refractivity (Wildman–Crippen MR) is 95.0 cm³/mol. The Morgan fingerprint density at radius 2 is 1.84 bits per heavy atom. The molecule has 0 bridgehead atoms. The SMILES string of the molecule is CC(C)[C@@H](NC(=O)CN1CCOCC1)c1ccc2c(c1)OCCCO2. The molecule has 1 N–H and O–H groups in total. The Bertz CT molecular complexity index is 585. The molecule has 2 heterocycles. The first-order valence-corrected chi connectivity index (χ1v) is 9.12. The third-order valence-electron chi connectivity index (χ3n) is 4.58. The van der Waals surface area contributed by atoms with Crippen molar-refractivity contribution in [3.63, 3.8) is 0 Å². The van der Waals surface area contributed by atoms with Crippen LogP contribution in [0.15, 0.2) is 18.2 Å². The van der Waals surface area contributed by atoms with Gasteiger partial charge in [0, 0.05) is 19.5 Å². The zero-order valence-electron chi connectivity index (χ0n) is 15.1. The number of rotatable bonds is 5. The molecule has 0 saturated carbocycles. The van der Waals surface area contributed by atoms with Crippen LogP contribution in [0.25, 0.3) is 0 Å². The van der Waals surface area contributed by atoms with Gasteiger partial charge in [-0.25, -0.2) is 0 Å². The van der Waals surface area contributed by atoms with Crippen LogP contribution in [0.4, 0.5) is 0 Å². The molecule has 138 valence electrons. The van der Waals surface area contributed by atoms with Crippen molar-refractivity contribution in [1.82, 2.24) is 10.2 Å². The molecule has 6 heteroatoms. The van der Waals surface area contributed by atoms with Gasteiger partial charge in [-0.1, -0.05) is 19.9 Å². The van der Waals surface area contributed by atoms with Crippen molar-refractivity contribution < 1.29 is 19.0 Å². The van der Waals surface area contributed by atoms with E-state index in [1.54, 1.807) is 0 Å². The average Bonchev–Trinajstić information content (AvgIpc) is 2.85. The quantitative estimate of drug-likeness (QED) is 0.882. The molecule has 2 aliphatic rings. The Kier molecular flexibility index (Phi) is 6.15. The van der Waals surface area contributed by atoms with E-state index in [-0.39, 0.29) is 17.9 Å². The van der Waals surface area contributed by atoms with Gasteiger partial charge in [0.1, 0.15) is 0 Å². The van der Waals surface area contributed by atoms with E-state index in [2.05, 4.69) is 24.1 Å². The van der Waals surface area contributed by atoms with Gasteiger partial charge in [-0.15, -0.1) is 0 Å². The minimum atomic E-state index is -0.0503. The fourth-order valence-corrected chi connectivity index (χ4v) is 3.19. The number of nitrogens with zero attached hydrogens (tertiary/aromatic N) is 1. The molecule has 1 fully saturated rings. The normalized spacial score (nSPS) is 19.3. The van der Waals surface area contributed by atoms with Crippen LogP contribution in [0.2, 0.25) is 0 Å². The molecule has 1 aromatic carbocycles. The number of benzene rings is 1. The molecule has 0 aromatic heterocycles. The van der Waals surface area contributed by atoms with Gasteiger partial charge in [-0.2, -0.15) is 0 Å². The molecule has 6 nitrogen and oxygen atoms in total. The summed E-state index contributed by atoms with van der Waals surface area (Å²) in [6.07, 6.45) is 0.883. The van der Waals surface area contributed by atoms with E-state index < -0.39 is 0 Å². The van der Waals surface area contributed by atoms with Crippen molar-refractivity contribution in [2.24, 2.45) is 5.92 Å². The molecule has 1 saturated heterocycles. The van der Waals surface area contributed by atoms with Crippen LogP contribution < -0.4 is 14.8 Å². The molecule has 1 atom stereocenters. The molecule has 1 aromatic rings. The van der Waals surface area contributed by atoms with E-state index in [1.807, 2.05) is 18.2 Å². The molecule has 1 amide bonds. The van der Waals surface area contributed by atoms with Gasteiger partial charge in [-0.3, -0.25) is 9.69 Å². The maximum Gasteiger partial charge on any atom is 0.234 e. The topological polar surface area (TPSA) is 60.0 Å². The summed E-state index contributed by atoms with van der Waals surface area (Å²) in [7, 11) is 0. The lowest BCUT2D eigenvalue weighted by Crippen LogP contribution is -2.44. The molecular formula is C19H28N2O4. The lowest BCUT2D eigenvalue weighted by atomic mass is 9.95. The molecule has 0 spiro atoms. The van der Waals surface area contributed by atoms with E-state index in [0.29, 0.717) is 33.0 Å². The Balaban J connectivity index is 1.68. The van der Waals surface area contributed by atoms with Crippen molar-refractivity contribution >= 4 is 5.91 Å². The molecule has 0 aliphatic carbocycles. The third-order valence-corrected chi connectivity index (χ3v) is 4.58. The van der Waals surface area contributed by atoms with E-state index in [1.165, 1.54) is 0 Å². The maximum absolute atomic E-state index is 12.5. The number of hydrogen-bond donors (Lipinski definition) is 1. The molecular weight excluding hydrogens is 320 g/mol. The lowest BCUT2D eigenvalue weighted by Gasteiger charge is -2.28. The number of amides is 1. The summed E-state index contributed by atoms with van der Waals surface area (Å²) in [6.45, 7) is 8.99. The lowest BCUT2D eigenvalue weighted by molar-refractivity contribution is -0.124. The fourth-order valence-electron chi connectivity index (χ4n) is 3.19. The zero-order chi connectivity index (χ0) is 17.6. The standard InChI is InChI=1S/C19H28N2O4/c1-14(2)19(20-18(22)13-21-6-10-23-11-7-21)15-4-5-16-17(12-15)25-9-3-8-24-16/h4-5,12,14,19H,3,6-11,13H2,1-2H3,(H,20,22)/t19-/m1/s1. The molecule has 0 radical (unpaired) electrons. The predicted octanol–water partition coefficient (Wildman–Crippen LogP) is 1.99. The third kappa shape index (κ3) is 4.86. The van der Waals surface area contributed by atoms with Crippen LogP contribution in [-0.2, 0) is 9.53 Å². The van der Waals surface area contributed by atoms with E-state index in [4.69, 9.17) is 14.2 Å². The van der Waals surface area contributed by atoms with Crippen molar-refractivity contribution in [1.29, 1.82) is 0 Å². The number of nitrogens with one attached hydrogen (secondary N) is 1. The van der Waals surface area contributed by atoms with Gasteiger partial charge >= 0.3 is 0 Å². The van der Waals surface area contributed by atoms with Crippen LogP contribution >= 0.6 is 0 Å². The van der Waals surface area contributed by atoms with Gasteiger partial charge in [0.2, 0.25) is 5.91 Å². The summed E-state index contributed by atoms with van der Waals surface area (Å²) in [5, 5.41) is 3.18. The van der Waals surface area contributed by atoms with Gasteiger partial charge in [0.25, 0.3) is 0 Å². The number of fused-ring (bicyclic) bond motifs is 1. The summed E-state index contributed by atoms with van der Waals surface area (Å²) in [4.78, 5) is 14.6. The highest BCUT2D eigenvalue weighted by Crippen LogP contribution is 2.34. The number of morpholine rings is 1. The van der Waals surface area contributed by atoms with Crippen molar-refractivity contribution in [2.75, 3.05) is 46.1 Å². The fraction of sp³-hybridized carbons (Fsp3) is 0.632. The first-order valence-electron chi connectivity index (χ1n) is 9.12. The largest absolute Gasteiger partial charge is 0.490 e. The van der Waals surface area contributed by atoms with Crippen LogP contribution in [0.5, 0.6) is 11.5 Å². The number of ether oxygens (including phenoxy) is 3. The van der Waals surface area contributed by atoms with Crippen LogP contribution in [0.3, 0.4) is 0 Å². The van der Waals surface area contributed by atoms with Crippen molar-refractivity contribution in [3.8, 4) is 11.5 Å². The van der Waals surface area contributed by atoms with Gasteiger partial charge in [-0.05, 0) is 23.6 Å². The number of carbonyl (C=O) groups is 1. The monoisotopic (exact) mass is 348 g/mol. The highest BCUT2D eigenvalue weighted by molar-refractivity contribution is 5.78. The highest BCUT2D eigenvalue weighted by Gasteiger charge is 2.22. The number of carbonyl (C=O) groups excluding carboxylic acids is 1. The smallest absolute Gasteiger partial charge is 0.234 e. The molecule has 2 aliphatic heterocycles. The zero-order valence-corrected chi connectivity index (χ0v) is 15.1. The Labute approximate surface area is 149 Å². The Morgan fingerprint density at radius 1 is 1.12 bits per heavy atom. The minimum Gasteiger partial charge on any atom is -0.490 e. The van der Waals surface area contributed by atoms with Gasteiger partial charge in [0.05, 0.1) is 39.0 Å². The van der Waals surface area contributed by atoms with Crippen LogP contribution in [0.1, 0.15) is 31.9 Å². The Morgan fingerprint density at radius 3 is 2.56 bits per heavy atom. The van der Waals surface area contributed by atoms with Gasteiger partial charge in [0.15, 0.2) is 11.5 Å². The van der Waals surface area contributed by atoms with Crippen molar-refractivity contribution in [3.05, 3.63) is 23.8 Å². The summed E-state index contributed by atoms with van der Waals surface area (Å²) in [6, 6.07) is 5.92. The Hall–Kier alpha value is -1.79. The number of hydrogen-bond acceptors (Lipinski definition) is 5. The highest BCUT2D eigenvalue weighted by atomic mass is 16.5. The summed E-state index contributed by atoms with van der Waals surface area (Å²) >= 11 is 0. The second-order valence-corrected chi connectivity index (χ2v) is 6.93. The van der Waals surface area contributed by atoms with E-state index >= 15 is 0 Å². The summed E-state index contributed by atoms with van der Waals surface area (Å²) in [5.41, 5.74) is 1.05. The van der Waals surface area contributed by atoms with Gasteiger partial charge < -0.3 is 19.5 Å². The molecule has 3 rings (SSSR count). The van der Waals surface area contributed by atoms with Crippen LogP contribution in [-0.4, -0.2) is 56.9 Å². The van der Waals surface area contributed by atoms with Crippen molar-refractivity contribution in [2.45, 2.75) is 26.3 Å². The maximum atomic E-state index is 12.5. The summed E-state index contributed by atoms with van der Waals surface area (Å²) in [5.74, 6) is 1.87. The molecule has 25 heavy (non-hydrogen) atoms. The van der Waals surface area contributed by atoms with E-state index in [0.717, 1.165) is 36.6 Å². The second kappa shape index (κ2) is 8.54. The van der Waals surface area contributed by atoms with Crippen LogP contribution in [0, 0.1) is 5.92 Å². The van der Waals surface area contributed by atoms with E-state index in [9.17, 15) is 4.79 Å². The average molecular weight is 348 g/mol. The summed E-state index contributed by atoms with van der Waals surface area (Å²) < 4.78 is 16.8. The minimum absolute atomic E-state index is 0.0488. The second-order valence-electron chi connectivity index (χ2n) is 6.93. The molecule has 0 unspecified atom stereocenters. The first kappa shape index (κ1) is 18.0.